The van der Waals surface area contributed by atoms with E-state index in [4.69, 9.17) is 5.73 Å². The minimum atomic E-state index is -0.349. The summed E-state index contributed by atoms with van der Waals surface area (Å²) in [4.78, 5) is 8.14. The SMILES string of the molecule is NCCC#Cc1cnc(Nc2ccccc2F)nc1. The predicted octanol–water partition coefficient (Wildman–Crippen LogP) is 2.06. The van der Waals surface area contributed by atoms with Crippen molar-refractivity contribution in [2.75, 3.05) is 11.9 Å². The van der Waals surface area contributed by atoms with E-state index >= 15 is 0 Å². The average molecular weight is 256 g/mol. The quantitative estimate of drug-likeness (QED) is 0.825. The molecule has 5 heteroatoms. The largest absolute Gasteiger partial charge is 0.330 e. The first-order valence-corrected chi connectivity index (χ1v) is 5.82. The lowest BCUT2D eigenvalue weighted by Crippen LogP contribution is -1.99. The number of hydrogen-bond donors (Lipinski definition) is 2. The molecule has 19 heavy (non-hydrogen) atoms. The first-order chi connectivity index (χ1) is 9.29. The van der Waals surface area contributed by atoms with Crippen LogP contribution >= 0.6 is 0 Å². The van der Waals surface area contributed by atoms with Crippen molar-refractivity contribution < 1.29 is 4.39 Å². The van der Waals surface area contributed by atoms with Gasteiger partial charge in [-0.1, -0.05) is 24.0 Å². The van der Waals surface area contributed by atoms with Gasteiger partial charge >= 0.3 is 0 Å². The van der Waals surface area contributed by atoms with Gasteiger partial charge in [-0.15, -0.1) is 0 Å². The molecule has 96 valence electrons. The smallest absolute Gasteiger partial charge is 0.227 e. The number of nitrogens with two attached hydrogens (primary N) is 1. The minimum Gasteiger partial charge on any atom is -0.330 e. The Morgan fingerprint density at radius 2 is 1.95 bits per heavy atom. The molecule has 4 nitrogen and oxygen atoms in total. The minimum absolute atomic E-state index is 0.328. The molecular weight excluding hydrogens is 243 g/mol. The summed E-state index contributed by atoms with van der Waals surface area (Å²) in [6, 6.07) is 6.35. The van der Waals surface area contributed by atoms with E-state index in [1.165, 1.54) is 6.07 Å². The Morgan fingerprint density at radius 3 is 2.63 bits per heavy atom. The Labute approximate surface area is 110 Å². The maximum absolute atomic E-state index is 13.4. The topological polar surface area (TPSA) is 63.8 Å². The van der Waals surface area contributed by atoms with Crippen molar-refractivity contribution in [3.8, 4) is 11.8 Å². The van der Waals surface area contributed by atoms with Crippen LogP contribution in [-0.4, -0.2) is 16.5 Å². The monoisotopic (exact) mass is 256 g/mol. The van der Waals surface area contributed by atoms with E-state index in [9.17, 15) is 4.39 Å². The lowest BCUT2D eigenvalue weighted by Gasteiger charge is -2.04. The number of aromatic nitrogens is 2. The number of hydrogen-bond acceptors (Lipinski definition) is 4. The van der Waals surface area contributed by atoms with Gasteiger partial charge in [0.15, 0.2) is 0 Å². The zero-order valence-corrected chi connectivity index (χ0v) is 10.2. The molecule has 3 N–H and O–H groups in total. The first kappa shape index (κ1) is 13.0. The highest BCUT2D eigenvalue weighted by Gasteiger charge is 2.02. The third-order valence-electron chi connectivity index (χ3n) is 2.27. The highest BCUT2D eigenvalue weighted by Crippen LogP contribution is 2.16. The second kappa shape index (κ2) is 6.47. The zero-order valence-electron chi connectivity index (χ0n) is 10.2. The van der Waals surface area contributed by atoms with E-state index in [1.54, 1.807) is 30.6 Å². The fourth-order valence-corrected chi connectivity index (χ4v) is 1.38. The summed E-state index contributed by atoms with van der Waals surface area (Å²) in [6.45, 7) is 0.529. The molecule has 0 aliphatic heterocycles. The molecule has 1 aromatic carbocycles. The van der Waals surface area contributed by atoms with Gasteiger partial charge in [0.2, 0.25) is 5.95 Å². The van der Waals surface area contributed by atoms with Gasteiger partial charge in [-0.25, -0.2) is 14.4 Å². The van der Waals surface area contributed by atoms with Crippen LogP contribution in [0.4, 0.5) is 16.0 Å². The Hall–Kier alpha value is -2.45. The molecule has 0 amide bonds. The van der Waals surface area contributed by atoms with E-state index in [-0.39, 0.29) is 5.82 Å². The first-order valence-electron chi connectivity index (χ1n) is 5.82. The molecule has 0 saturated carbocycles. The fourth-order valence-electron chi connectivity index (χ4n) is 1.38. The summed E-state index contributed by atoms with van der Waals surface area (Å²) >= 11 is 0. The highest BCUT2D eigenvalue weighted by atomic mass is 19.1. The van der Waals surface area contributed by atoms with Crippen molar-refractivity contribution in [2.45, 2.75) is 6.42 Å². The average Bonchev–Trinajstić information content (AvgIpc) is 2.44. The second-order valence-corrected chi connectivity index (χ2v) is 3.74. The number of anilines is 2. The molecule has 0 bridgehead atoms. The summed E-state index contributed by atoms with van der Waals surface area (Å²) in [5.41, 5.74) is 6.38. The third-order valence-corrected chi connectivity index (χ3v) is 2.27. The Balaban J connectivity index is 2.08. The molecule has 1 heterocycles. The molecule has 0 radical (unpaired) electrons. The van der Waals surface area contributed by atoms with Crippen molar-refractivity contribution in [1.29, 1.82) is 0 Å². The van der Waals surface area contributed by atoms with Gasteiger partial charge in [-0.3, -0.25) is 0 Å². The molecule has 0 fully saturated rings. The second-order valence-electron chi connectivity index (χ2n) is 3.74. The van der Waals surface area contributed by atoms with Gasteiger partial charge in [0.05, 0.1) is 11.3 Å². The lowest BCUT2D eigenvalue weighted by atomic mass is 10.3. The highest BCUT2D eigenvalue weighted by molar-refractivity contribution is 5.53. The van der Waals surface area contributed by atoms with Crippen molar-refractivity contribution in [1.82, 2.24) is 9.97 Å². The normalized spacial score (nSPS) is 9.58. The summed E-state index contributed by atoms with van der Waals surface area (Å²) in [7, 11) is 0. The maximum atomic E-state index is 13.4. The van der Waals surface area contributed by atoms with E-state index in [0.29, 0.717) is 30.2 Å². The molecule has 0 spiro atoms. The Bertz CT molecular complexity index is 599. The van der Waals surface area contributed by atoms with E-state index in [0.717, 1.165) is 0 Å². The standard InChI is InChI=1S/C14H13FN4/c15-12-6-1-2-7-13(12)19-14-17-9-11(10-18-14)5-3-4-8-16/h1-2,6-7,9-10H,4,8,16H2,(H,17,18,19). The lowest BCUT2D eigenvalue weighted by molar-refractivity contribution is 0.631. The van der Waals surface area contributed by atoms with Crippen LogP contribution in [0.3, 0.4) is 0 Å². The van der Waals surface area contributed by atoms with Crippen LogP contribution in [0.25, 0.3) is 0 Å². The van der Waals surface area contributed by atoms with Gasteiger partial charge in [-0.05, 0) is 12.1 Å². The van der Waals surface area contributed by atoms with Crippen molar-refractivity contribution in [3.63, 3.8) is 0 Å². The maximum Gasteiger partial charge on any atom is 0.227 e. The molecule has 2 rings (SSSR count). The molecule has 0 saturated heterocycles. The Kier molecular flexibility index (Phi) is 4.43. The van der Waals surface area contributed by atoms with Crippen LogP contribution in [0.15, 0.2) is 36.7 Å². The molecule has 0 aliphatic carbocycles. The number of halogens is 1. The number of nitrogens with one attached hydrogen (secondary N) is 1. The van der Waals surface area contributed by atoms with E-state index in [2.05, 4.69) is 27.1 Å². The number of rotatable bonds is 3. The van der Waals surface area contributed by atoms with Gasteiger partial charge in [-0.2, -0.15) is 0 Å². The van der Waals surface area contributed by atoms with Crippen LogP contribution in [0.1, 0.15) is 12.0 Å². The summed E-state index contributed by atoms with van der Waals surface area (Å²) in [6.07, 6.45) is 3.80. The van der Waals surface area contributed by atoms with Crippen LogP contribution in [0.2, 0.25) is 0 Å². The number of para-hydroxylation sites is 1. The van der Waals surface area contributed by atoms with Crippen LogP contribution < -0.4 is 11.1 Å². The molecule has 1 aromatic heterocycles. The van der Waals surface area contributed by atoms with Crippen LogP contribution in [0, 0.1) is 17.7 Å². The summed E-state index contributed by atoms with van der Waals surface area (Å²) in [5, 5.41) is 2.80. The third kappa shape index (κ3) is 3.76. The van der Waals surface area contributed by atoms with Gasteiger partial charge in [0.1, 0.15) is 5.82 Å². The molecule has 0 atom stereocenters. The van der Waals surface area contributed by atoms with E-state index < -0.39 is 0 Å². The zero-order chi connectivity index (χ0) is 13.5. The fraction of sp³-hybridized carbons (Fsp3) is 0.143. The predicted molar refractivity (Wildman–Crippen MR) is 72.3 cm³/mol. The van der Waals surface area contributed by atoms with Crippen LogP contribution in [0.5, 0.6) is 0 Å². The van der Waals surface area contributed by atoms with Gasteiger partial charge in [0.25, 0.3) is 0 Å². The van der Waals surface area contributed by atoms with Crippen molar-refractivity contribution in [2.24, 2.45) is 5.73 Å². The molecular formula is C14H13FN4. The number of nitrogens with zero attached hydrogens (tertiary/aromatic N) is 2. The molecule has 0 unspecified atom stereocenters. The molecule has 0 aliphatic rings. The van der Waals surface area contributed by atoms with Crippen LogP contribution in [-0.2, 0) is 0 Å². The van der Waals surface area contributed by atoms with Crippen molar-refractivity contribution in [3.05, 3.63) is 48.0 Å². The Morgan fingerprint density at radius 1 is 1.21 bits per heavy atom. The summed E-state index contributed by atoms with van der Waals surface area (Å²) in [5.74, 6) is 5.76. The van der Waals surface area contributed by atoms with Gasteiger partial charge < -0.3 is 11.1 Å². The number of benzene rings is 1. The summed E-state index contributed by atoms with van der Waals surface area (Å²) < 4.78 is 13.4. The van der Waals surface area contributed by atoms with Gasteiger partial charge in [0, 0.05) is 25.4 Å². The molecule has 2 aromatic rings. The van der Waals surface area contributed by atoms with Crippen molar-refractivity contribution >= 4 is 11.6 Å². The van der Waals surface area contributed by atoms with E-state index in [1.807, 2.05) is 0 Å².